The molecule has 1 heterocycles. The number of carboxylic acid groups (broad SMARTS) is 1. The Morgan fingerprint density at radius 2 is 2.05 bits per heavy atom. The Hall–Kier alpha value is -2.57. The molecule has 0 aliphatic carbocycles. The molecule has 2 atom stereocenters. The van der Waals surface area contributed by atoms with E-state index >= 15 is 0 Å². The molecule has 0 radical (unpaired) electrons. The minimum Gasteiger partial charge on any atom is -0.481 e. The van der Waals surface area contributed by atoms with Crippen molar-refractivity contribution in [2.45, 2.75) is 18.9 Å². The van der Waals surface area contributed by atoms with Crippen molar-refractivity contribution in [3.63, 3.8) is 0 Å². The fraction of sp³-hybridized carbons (Fsp3) is 0.357. The number of aliphatic carboxylic acids is 1. The normalized spacial score (nSPS) is 22.6. The third-order valence-corrected chi connectivity index (χ3v) is 3.79. The van der Waals surface area contributed by atoms with Gasteiger partial charge in [0.15, 0.2) is 5.84 Å². The number of benzene rings is 1. The van der Waals surface area contributed by atoms with Crippen molar-refractivity contribution in [2.75, 3.05) is 7.05 Å². The van der Waals surface area contributed by atoms with Crippen molar-refractivity contribution in [1.29, 1.82) is 0 Å². The number of carbonyl (C=O) groups is 2. The number of carboxylic acids is 1. The van der Waals surface area contributed by atoms with Crippen LogP contribution in [0.5, 0.6) is 0 Å². The standard InChI is InChI=1S/C14H17N3O4/c1-17-11(6-10(14(17)20)7-12(18)19)8-2-4-9(5-3-8)13(15)16-21/h2-5,10-11,21H,6-7H2,1H3,(H2,15,16)(H,18,19). The molecule has 0 spiro atoms. The van der Waals surface area contributed by atoms with Crippen LogP contribution in [0.15, 0.2) is 29.4 Å². The van der Waals surface area contributed by atoms with Gasteiger partial charge in [-0.3, -0.25) is 9.59 Å². The number of amidine groups is 1. The summed E-state index contributed by atoms with van der Waals surface area (Å²) in [5, 5.41) is 20.4. The van der Waals surface area contributed by atoms with Crippen LogP contribution in [0.1, 0.15) is 30.0 Å². The lowest BCUT2D eigenvalue weighted by Crippen LogP contribution is -2.25. The number of rotatable bonds is 4. The van der Waals surface area contributed by atoms with Crippen LogP contribution in [-0.2, 0) is 9.59 Å². The molecule has 1 saturated heterocycles. The zero-order chi connectivity index (χ0) is 15.6. The van der Waals surface area contributed by atoms with E-state index in [-0.39, 0.29) is 24.2 Å². The summed E-state index contributed by atoms with van der Waals surface area (Å²) >= 11 is 0. The van der Waals surface area contributed by atoms with Gasteiger partial charge in [0.25, 0.3) is 0 Å². The average Bonchev–Trinajstić information content (AvgIpc) is 2.74. The predicted molar refractivity (Wildman–Crippen MR) is 74.8 cm³/mol. The fourth-order valence-electron chi connectivity index (χ4n) is 2.64. The van der Waals surface area contributed by atoms with E-state index in [0.717, 1.165) is 5.56 Å². The molecule has 7 nitrogen and oxygen atoms in total. The molecule has 1 fully saturated rings. The first-order valence-electron chi connectivity index (χ1n) is 6.50. The number of nitrogens with zero attached hydrogens (tertiary/aromatic N) is 2. The SMILES string of the molecule is CN1C(=O)C(CC(=O)O)CC1c1ccc(C(N)=NO)cc1. The zero-order valence-corrected chi connectivity index (χ0v) is 11.6. The van der Waals surface area contributed by atoms with Crippen LogP contribution in [0.4, 0.5) is 0 Å². The molecule has 0 saturated carbocycles. The molecular formula is C14H17N3O4. The lowest BCUT2D eigenvalue weighted by molar-refractivity contribution is -0.141. The van der Waals surface area contributed by atoms with Crippen LogP contribution in [0.2, 0.25) is 0 Å². The maximum atomic E-state index is 12.0. The molecule has 1 aliphatic rings. The Labute approximate surface area is 121 Å². The molecule has 0 bridgehead atoms. The lowest BCUT2D eigenvalue weighted by Gasteiger charge is -2.20. The van der Waals surface area contributed by atoms with E-state index < -0.39 is 11.9 Å². The minimum absolute atomic E-state index is 0.0150. The average molecular weight is 291 g/mol. The first-order valence-corrected chi connectivity index (χ1v) is 6.50. The molecular weight excluding hydrogens is 274 g/mol. The quantitative estimate of drug-likeness (QED) is 0.328. The fourth-order valence-corrected chi connectivity index (χ4v) is 2.64. The molecule has 1 aliphatic heterocycles. The first-order chi connectivity index (χ1) is 9.93. The second kappa shape index (κ2) is 5.82. The van der Waals surface area contributed by atoms with Crippen molar-refractivity contribution in [1.82, 2.24) is 4.90 Å². The lowest BCUT2D eigenvalue weighted by atomic mass is 9.96. The van der Waals surface area contributed by atoms with Gasteiger partial charge < -0.3 is 20.9 Å². The largest absolute Gasteiger partial charge is 0.481 e. The van der Waals surface area contributed by atoms with E-state index in [1.165, 1.54) is 0 Å². The van der Waals surface area contributed by atoms with Crippen LogP contribution < -0.4 is 5.73 Å². The van der Waals surface area contributed by atoms with Crippen LogP contribution >= 0.6 is 0 Å². The van der Waals surface area contributed by atoms with Crippen molar-refractivity contribution < 1.29 is 19.9 Å². The van der Waals surface area contributed by atoms with E-state index in [0.29, 0.717) is 12.0 Å². The van der Waals surface area contributed by atoms with Gasteiger partial charge in [0.1, 0.15) is 0 Å². The highest BCUT2D eigenvalue weighted by Crippen LogP contribution is 2.36. The number of nitrogens with two attached hydrogens (primary N) is 1. The smallest absolute Gasteiger partial charge is 0.304 e. The van der Waals surface area contributed by atoms with E-state index in [4.69, 9.17) is 16.0 Å². The van der Waals surface area contributed by atoms with Gasteiger partial charge in [0.2, 0.25) is 5.91 Å². The summed E-state index contributed by atoms with van der Waals surface area (Å²) in [5.41, 5.74) is 6.97. The Morgan fingerprint density at radius 3 is 2.57 bits per heavy atom. The highest BCUT2D eigenvalue weighted by Gasteiger charge is 2.38. The summed E-state index contributed by atoms with van der Waals surface area (Å²) in [5.74, 6) is -1.59. The summed E-state index contributed by atoms with van der Waals surface area (Å²) in [4.78, 5) is 24.4. The molecule has 0 aromatic heterocycles. The summed E-state index contributed by atoms with van der Waals surface area (Å²) in [6, 6.07) is 6.85. The van der Waals surface area contributed by atoms with Crippen molar-refractivity contribution in [2.24, 2.45) is 16.8 Å². The maximum absolute atomic E-state index is 12.0. The molecule has 4 N–H and O–H groups in total. The Kier molecular flexibility index (Phi) is 4.11. The van der Waals surface area contributed by atoms with Gasteiger partial charge in [-0.2, -0.15) is 0 Å². The van der Waals surface area contributed by atoms with Gasteiger partial charge >= 0.3 is 5.97 Å². The van der Waals surface area contributed by atoms with E-state index in [9.17, 15) is 9.59 Å². The van der Waals surface area contributed by atoms with Gasteiger partial charge in [0.05, 0.1) is 18.4 Å². The van der Waals surface area contributed by atoms with E-state index in [2.05, 4.69) is 5.16 Å². The van der Waals surface area contributed by atoms with Crippen LogP contribution in [-0.4, -0.2) is 40.0 Å². The second-order valence-corrected chi connectivity index (χ2v) is 5.10. The summed E-state index contributed by atoms with van der Waals surface area (Å²) in [6.45, 7) is 0. The third kappa shape index (κ3) is 2.96. The molecule has 1 aromatic carbocycles. The monoisotopic (exact) mass is 291 g/mol. The van der Waals surface area contributed by atoms with E-state index in [1.54, 1.807) is 36.2 Å². The molecule has 112 valence electrons. The van der Waals surface area contributed by atoms with Gasteiger partial charge in [-0.1, -0.05) is 29.4 Å². The number of hydrogen-bond donors (Lipinski definition) is 3. The molecule has 1 amide bonds. The van der Waals surface area contributed by atoms with Crippen LogP contribution in [0.3, 0.4) is 0 Å². The van der Waals surface area contributed by atoms with Crippen LogP contribution in [0.25, 0.3) is 0 Å². The van der Waals surface area contributed by atoms with Gasteiger partial charge in [-0.15, -0.1) is 0 Å². The highest BCUT2D eigenvalue weighted by molar-refractivity contribution is 5.97. The number of likely N-dealkylation sites (tertiary alicyclic amines) is 1. The molecule has 2 rings (SSSR count). The Morgan fingerprint density at radius 1 is 1.43 bits per heavy atom. The molecule has 7 heteroatoms. The number of hydrogen-bond acceptors (Lipinski definition) is 4. The number of carbonyl (C=O) groups excluding carboxylic acids is 1. The molecule has 21 heavy (non-hydrogen) atoms. The Balaban J connectivity index is 2.18. The number of amides is 1. The molecule has 2 unspecified atom stereocenters. The summed E-state index contributed by atoms with van der Waals surface area (Å²) in [7, 11) is 1.67. The third-order valence-electron chi connectivity index (χ3n) is 3.79. The summed E-state index contributed by atoms with van der Waals surface area (Å²) in [6.07, 6.45) is 0.326. The van der Waals surface area contributed by atoms with Gasteiger partial charge in [0, 0.05) is 12.6 Å². The second-order valence-electron chi connectivity index (χ2n) is 5.10. The minimum atomic E-state index is -0.968. The van der Waals surface area contributed by atoms with Gasteiger partial charge in [-0.05, 0) is 12.0 Å². The van der Waals surface area contributed by atoms with Crippen LogP contribution in [0, 0.1) is 5.92 Å². The maximum Gasteiger partial charge on any atom is 0.304 e. The van der Waals surface area contributed by atoms with Crippen molar-refractivity contribution in [3.8, 4) is 0 Å². The Bertz CT molecular complexity index is 582. The highest BCUT2D eigenvalue weighted by atomic mass is 16.4. The van der Waals surface area contributed by atoms with Crippen molar-refractivity contribution >= 4 is 17.7 Å². The van der Waals surface area contributed by atoms with E-state index in [1.807, 2.05) is 0 Å². The van der Waals surface area contributed by atoms with Crippen molar-refractivity contribution in [3.05, 3.63) is 35.4 Å². The first kappa shape index (κ1) is 14.8. The topological polar surface area (TPSA) is 116 Å². The predicted octanol–water partition coefficient (Wildman–Crippen LogP) is 0.775. The molecule has 1 aromatic rings. The zero-order valence-electron chi connectivity index (χ0n) is 11.6. The van der Waals surface area contributed by atoms with Gasteiger partial charge in [-0.25, -0.2) is 0 Å². The number of oxime groups is 1. The summed E-state index contributed by atoms with van der Waals surface area (Å²) < 4.78 is 0.